The first kappa shape index (κ1) is 31.0. The minimum Gasteiger partial charge on any atom is -0.494 e. The highest BCUT2D eigenvalue weighted by Gasteiger charge is 2.79. The van der Waals surface area contributed by atoms with Crippen molar-refractivity contribution in [1.82, 2.24) is 10.2 Å². The van der Waals surface area contributed by atoms with Crippen molar-refractivity contribution in [1.29, 1.82) is 0 Å². The van der Waals surface area contributed by atoms with Crippen LogP contribution in [0.25, 0.3) is 0 Å². The zero-order valence-corrected chi connectivity index (χ0v) is 25.5. The maximum absolute atomic E-state index is 14.6. The molecule has 232 valence electrons. The number of fused-ring (bicyclic) bond motifs is 1. The molecule has 0 radical (unpaired) electrons. The van der Waals surface area contributed by atoms with Crippen molar-refractivity contribution in [3.05, 3.63) is 60.2 Å². The molecular formula is C34H45N3O6. The Bertz CT molecular complexity index is 1290. The smallest absolute Gasteiger partial charge is 0.245 e. The largest absolute Gasteiger partial charge is 0.494 e. The van der Waals surface area contributed by atoms with Crippen LogP contribution in [0.1, 0.15) is 64.9 Å². The normalized spacial score (nSPS) is 28.0. The van der Waals surface area contributed by atoms with Gasteiger partial charge >= 0.3 is 0 Å². The fourth-order valence-electron chi connectivity index (χ4n) is 7.59. The fourth-order valence-corrected chi connectivity index (χ4v) is 7.59. The molecule has 9 heteroatoms. The van der Waals surface area contributed by atoms with E-state index in [1.165, 1.54) is 0 Å². The number of benzene rings is 2. The van der Waals surface area contributed by atoms with E-state index in [4.69, 9.17) is 9.47 Å². The van der Waals surface area contributed by atoms with Gasteiger partial charge in [0.15, 0.2) is 0 Å². The molecule has 9 nitrogen and oxygen atoms in total. The van der Waals surface area contributed by atoms with Crippen LogP contribution in [-0.2, 0) is 25.5 Å². The van der Waals surface area contributed by atoms with Crippen molar-refractivity contribution < 1.29 is 29.0 Å². The predicted molar refractivity (Wildman–Crippen MR) is 163 cm³/mol. The van der Waals surface area contributed by atoms with Gasteiger partial charge in [-0.25, -0.2) is 0 Å². The fraction of sp³-hybridized carbons (Fsp3) is 0.559. The molecule has 2 aromatic carbocycles. The van der Waals surface area contributed by atoms with Gasteiger partial charge in [-0.3, -0.25) is 14.4 Å². The lowest BCUT2D eigenvalue weighted by atomic mass is 9.65. The number of nitrogens with one attached hydrogen (secondary N) is 2. The summed E-state index contributed by atoms with van der Waals surface area (Å²) < 4.78 is 12.4. The summed E-state index contributed by atoms with van der Waals surface area (Å²) in [6.07, 6.45) is 4.83. The van der Waals surface area contributed by atoms with E-state index >= 15 is 0 Å². The van der Waals surface area contributed by atoms with Gasteiger partial charge in [-0.15, -0.1) is 0 Å². The number of amides is 3. The number of aliphatic hydroxyl groups excluding tert-OH is 1. The van der Waals surface area contributed by atoms with Crippen molar-refractivity contribution in [2.45, 2.75) is 89.0 Å². The third kappa shape index (κ3) is 5.65. The molecule has 2 aromatic rings. The number of anilines is 1. The van der Waals surface area contributed by atoms with E-state index in [9.17, 15) is 19.5 Å². The molecule has 0 aliphatic carbocycles. The zero-order chi connectivity index (χ0) is 30.6. The standard InChI is InChI=1S/C34H45N3O6/c1-4-7-11-20-35-31(40)29-34-19-18-33(5-2,43-34)27(30(39)36-24-14-16-26(17-15-24)42-6-3)28(34)32(41)37(29)25(22-38)21-23-12-9-8-10-13-23/h8-10,12-17,25,27-29,38H,4-7,11,18-22H2,1-3H3,(H,35,40)(H,36,39)/t25-,27-,28+,29?,33+,34?/m1/s1. The van der Waals surface area contributed by atoms with E-state index in [0.717, 1.165) is 24.8 Å². The summed E-state index contributed by atoms with van der Waals surface area (Å²) in [5.74, 6) is -1.78. The number of unbranched alkanes of at least 4 members (excludes halogenated alkanes) is 2. The van der Waals surface area contributed by atoms with Gasteiger partial charge in [0.2, 0.25) is 17.7 Å². The first-order valence-electron chi connectivity index (χ1n) is 15.8. The molecule has 0 aromatic heterocycles. The third-order valence-corrected chi connectivity index (χ3v) is 9.58. The first-order valence-corrected chi connectivity index (χ1v) is 15.8. The summed E-state index contributed by atoms with van der Waals surface area (Å²) in [6.45, 7) is 6.71. The van der Waals surface area contributed by atoms with E-state index in [1.807, 2.05) is 44.2 Å². The number of hydrogen-bond acceptors (Lipinski definition) is 6. The zero-order valence-electron chi connectivity index (χ0n) is 25.5. The third-order valence-electron chi connectivity index (χ3n) is 9.58. The van der Waals surface area contributed by atoms with Gasteiger partial charge in [-0.1, -0.05) is 57.0 Å². The van der Waals surface area contributed by atoms with E-state index in [2.05, 4.69) is 17.6 Å². The molecule has 6 atom stereocenters. The molecule has 3 N–H and O–H groups in total. The highest BCUT2D eigenvalue weighted by molar-refractivity contribution is 6.02. The Balaban J connectivity index is 1.49. The minimum atomic E-state index is -1.15. The first-order chi connectivity index (χ1) is 20.8. The highest BCUT2D eigenvalue weighted by Crippen LogP contribution is 2.64. The SMILES string of the molecule is CCCCCNC(=O)C1N([C@@H](CO)Cc2ccccc2)C(=O)[C@@H]2[C@H](C(=O)Nc3ccc(OCC)cc3)[C@]3(CC)CCC12O3. The second kappa shape index (κ2) is 13.1. The summed E-state index contributed by atoms with van der Waals surface area (Å²) in [5, 5.41) is 16.7. The summed E-state index contributed by atoms with van der Waals surface area (Å²) in [7, 11) is 0. The second-order valence-electron chi connectivity index (χ2n) is 12.0. The lowest BCUT2D eigenvalue weighted by Gasteiger charge is -2.37. The average molecular weight is 592 g/mol. The van der Waals surface area contributed by atoms with Crippen molar-refractivity contribution in [3.63, 3.8) is 0 Å². The predicted octanol–water partition coefficient (Wildman–Crippen LogP) is 4.09. The Morgan fingerprint density at radius 2 is 1.79 bits per heavy atom. The number of nitrogens with zero attached hydrogens (tertiary/aromatic N) is 1. The number of likely N-dealkylation sites (tertiary alicyclic amines) is 1. The van der Waals surface area contributed by atoms with Crippen molar-refractivity contribution in [2.75, 3.05) is 25.1 Å². The molecular weight excluding hydrogens is 546 g/mol. The van der Waals surface area contributed by atoms with Crippen LogP contribution in [0, 0.1) is 11.8 Å². The molecule has 1 spiro atoms. The lowest BCUT2D eigenvalue weighted by molar-refractivity contribution is -0.150. The Morgan fingerprint density at radius 1 is 1.05 bits per heavy atom. The second-order valence-corrected chi connectivity index (χ2v) is 12.0. The van der Waals surface area contributed by atoms with Crippen LogP contribution < -0.4 is 15.4 Å². The van der Waals surface area contributed by atoms with Gasteiger partial charge in [0.1, 0.15) is 17.4 Å². The number of carbonyl (C=O) groups excluding carboxylic acids is 3. The Labute approximate surface area is 254 Å². The van der Waals surface area contributed by atoms with E-state index in [0.29, 0.717) is 50.3 Å². The Morgan fingerprint density at radius 3 is 2.44 bits per heavy atom. The molecule has 5 rings (SSSR count). The number of rotatable bonds is 14. The number of ether oxygens (including phenoxy) is 2. The summed E-state index contributed by atoms with van der Waals surface area (Å²) in [4.78, 5) is 44.2. The maximum atomic E-state index is 14.6. The quantitative estimate of drug-likeness (QED) is 0.285. The average Bonchev–Trinajstić information content (AvgIpc) is 3.63. The van der Waals surface area contributed by atoms with Crippen LogP contribution in [0.3, 0.4) is 0 Å². The molecule has 0 saturated carbocycles. The summed E-state index contributed by atoms with van der Waals surface area (Å²) >= 11 is 0. The van der Waals surface area contributed by atoms with E-state index in [1.54, 1.807) is 29.2 Å². The number of carbonyl (C=O) groups is 3. The van der Waals surface area contributed by atoms with Crippen molar-refractivity contribution in [3.8, 4) is 5.75 Å². The summed E-state index contributed by atoms with van der Waals surface area (Å²) in [6, 6.07) is 15.2. The molecule has 3 fully saturated rings. The van der Waals surface area contributed by atoms with Gasteiger partial charge in [0, 0.05) is 12.2 Å². The molecule has 3 heterocycles. The Kier molecular flexibility index (Phi) is 9.42. The molecule has 43 heavy (non-hydrogen) atoms. The van der Waals surface area contributed by atoms with Gasteiger partial charge in [-0.05, 0) is 68.9 Å². The van der Waals surface area contributed by atoms with Crippen LogP contribution in [0.2, 0.25) is 0 Å². The molecule has 2 bridgehead atoms. The molecule has 3 aliphatic rings. The molecule has 2 unspecified atom stereocenters. The van der Waals surface area contributed by atoms with Crippen LogP contribution in [0.5, 0.6) is 5.75 Å². The topological polar surface area (TPSA) is 117 Å². The monoisotopic (exact) mass is 591 g/mol. The molecule has 3 saturated heterocycles. The van der Waals surface area contributed by atoms with Crippen LogP contribution in [0.4, 0.5) is 5.69 Å². The molecule has 3 amide bonds. The lowest BCUT2D eigenvalue weighted by Crippen LogP contribution is -2.58. The minimum absolute atomic E-state index is 0.280. The number of hydrogen-bond donors (Lipinski definition) is 3. The van der Waals surface area contributed by atoms with Gasteiger partial charge in [-0.2, -0.15) is 0 Å². The van der Waals surface area contributed by atoms with E-state index < -0.39 is 35.1 Å². The van der Waals surface area contributed by atoms with Crippen LogP contribution >= 0.6 is 0 Å². The van der Waals surface area contributed by atoms with Crippen LogP contribution in [0.15, 0.2) is 54.6 Å². The number of aliphatic hydroxyl groups is 1. The molecule has 3 aliphatic heterocycles. The maximum Gasteiger partial charge on any atom is 0.245 e. The summed E-state index contributed by atoms with van der Waals surface area (Å²) in [5.41, 5.74) is -0.448. The van der Waals surface area contributed by atoms with Gasteiger partial charge < -0.3 is 30.1 Å². The van der Waals surface area contributed by atoms with E-state index in [-0.39, 0.29) is 24.3 Å². The van der Waals surface area contributed by atoms with Gasteiger partial charge in [0.05, 0.1) is 36.7 Å². The van der Waals surface area contributed by atoms with Crippen LogP contribution in [-0.4, -0.2) is 70.8 Å². The van der Waals surface area contributed by atoms with Gasteiger partial charge in [0.25, 0.3) is 0 Å². The Hall–Kier alpha value is -3.43. The highest BCUT2D eigenvalue weighted by atomic mass is 16.5. The van der Waals surface area contributed by atoms with Crippen molar-refractivity contribution >= 4 is 23.4 Å². The van der Waals surface area contributed by atoms with Crippen molar-refractivity contribution in [2.24, 2.45) is 11.8 Å².